The van der Waals surface area contributed by atoms with Crippen molar-refractivity contribution in [1.29, 1.82) is 0 Å². The van der Waals surface area contributed by atoms with Crippen molar-refractivity contribution in [2.45, 2.75) is 51.1 Å². The van der Waals surface area contributed by atoms with Gasteiger partial charge in [0.05, 0.1) is 0 Å². The van der Waals surface area contributed by atoms with Gasteiger partial charge in [0.1, 0.15) is 0 Å². The second kappa shape index (κ2) is 7.06. The smallest absolute Gasteiger partial charge is 0.0457 e. The van der Waals surface area contributed by atoms with Gasteiger partial charge >= 0.3 is 0 Å². The number of H-pyrrole nitrogens is 1. The fourth-order valence-electron chi connectivity index (χ4n) is 4.41. The lowest BCUT2D eigenvalue weighted by atomic mass is 10.0. The molecule has 124 valence electrons. The van der Waals surface area contributed by atoms with Gasteiger partial charge in [-0.05, 0) is 63.5 Å². The maximum atomic E-state index is 3.41. The standard InChI is InChI=1S/C20H29N3/c1-2-6-12-23(11-5-1)18-9-13-22(14-10-18)16-17-15-21-20-8-4-3-7-19(17)20/h3-4,7-8,15,18,21H,1-2,5-6,9-14,16H2. The first-order valence-corrected chi connectivity index (χ1v) is 9.41. The van der Waals surface area contributed by atoms with Crippen molar-refractivity contribution in [3.63, 3.8) is 0 Å². The van der Waals surface area contributed by atoms with Crippen LogP contribution in [0.25, 0.3) is 10.9 Å². The quantitative estimate of drug-likeness (QED) is 0.925. The van der Waals surface area contributed by atoms with Crippen molar-refractivity contribution in [3.8, 4) is 0 Å². The number of nitrogens with one attached hydrogen (secondary N) is 1. The second-order valence-electron chi connectivity index (χ2n) is 7.32. The van der Waals surface area contributed by atoms with Crippen LogP contribution in [-0.2, 0) is 6.54 Å². The summed E-state index contributed by atoms with van der Waals surface area (Å²) in [6.07, 6.45) is 10.6. The van der Waals surface area contributed by atoms with Crippen LogP contribution in [-0.4, -0.2) is 47.0 Å². The Labute approximate surface area is 139 Å². The monoisotopic (exact) mass is 311 g/mol. The lowest BCUT2D eigenvalue weighted by Crippen LogP contribution is -2.44. The molecular weight excluding hydrogens is 282 g/mol. The highest BCUT2D eigenvalue weighted by atomic mass is 15.2. The van der Waals surface area contributed by atoms with Crippen molar-refractivity contribution in [3.05, 3.63) is 36.0 Å². The number of likely N-dealkylation sites (tertiary alicyclic amines) is 2. The van der Waals surface area contributed by atoms with Gasteiger partial charge in [0.15, 0.2) is 0 Å². The van der Waals surface area contributed by atoms with Crippen molar-refractivity contribution < 1.29 is 0 Å². The van der Waals surface area contributed by atoms with Gasteiger partial charge in [-0.1, -0.05) is 31.0 Å². The highest BCUT2D eigenvalue weighted by molar-refractivity contribution is 5.82. The molecule has 4 rings (SSSR count). The second-order valence-corrected chi connectivity index (χ2v) is 7.32. The highest BCUT2D eigenvalue weighted by Crippen LogP contribution is 2.24. The molecule has 3 heterocycles. The summed E-state index contributed by atoms with van der Waals surface area (Å²) in [6, 6.07) is 9.50. The molecule has 0 bridgehead atoms. The Morgan fingerprint density at radius 3 is 2.43 bits per heavy atom. The number of hydrogen-bond donors (Lipinski definition) is 1. The molecule has 2 fully saturated rings. The van der Waals surface area contributed by atoms with Crippen LogP contribution in [0.15, 0.2) is 30.5 Å². The topological polar surface area (TPSA) is 22.3 Å². The van der Waals surface area contributed by atoms with Gasteiger partial charge in [-0.15, -0.1) is 0 Å². The fourth-order valence-corrected chi connectivity index (χ4v) is 4.41. The van der Waals surface area contributed by atoms with Crippen LogP contribution in [0, 0.1) is 0 Å². The van der Waals surface area contributed by atoms with Gasteiger partial charge in [-0.3, -0.25) is 4.90 Å². The molecule has 0 atom stereocenters. The van der Waals surface area contributed by atoms with E-state index in [0.29, 0.717) is 0 Å². The zero-order chi connectivity index (χ0) is 15.5. The van der Waals surface area contributed by atoms with Gasteiger partial charge in [-0.25, -0.2) is 0 Å². The molecule has 0 unspecified atom stereocenters. The third-order valence-electron chi connectivity index (χ3n) is 5.78. The Bertz CT molecular complexity index is 617. The molecular formula is C20H29N3. The van der Waals surface area contributed by atoms with Gasteiger partial charge in [-0.2, -0.15) is 0 Å². The Hall–Kier alpha value is -1.32. The van der Waals surface area contributed by atoms with Gasteiger partial charge in [0.25, 0.3) is 0 Å². The summed E-state index contributed by atoms with van der Waals surface area (Å²) in [5.41, 5.74) is 2.72. The van der Waals surface area contributed by atoms with Crippen LogP contribution < -0.4 is 0 Å². The molecule has 2 aliphatic heterocycles. The molecule has 0 aliphatic carbocycles. The minimum atomic E-state index is 0.840. The zero-order valence-electron chi connectivity index (χ0n) is 14.1. The van der Waals surface area contributed by atoms with E-state index >= 15 is 0 Å². The van der Waals surface area contributed by atoms with Crippen molar-refractivity contribution >= 4 is 10.9 Å². The molecule has 0 amide bonds. The van der Waals surface area contributed by atoms with Gasteiger partial charge in [0.2, 0.25) is 0 Å². The maximum absolute atomic E-state index is 3.41. The fraction of sp³-hybridized carbons (Fsp3) is 0.600. The van der Waals surface area contributed by atoms with Crippen LogP contribution in [0.5, 0.6) is 0 Å². The van der Waals surface area contributed by atoms with E-state index in [4.69, 9.17) is 0 Å². The van der Waals surface area contributed by atoms with E-state index in [0.717, 1.165) is 12.6 Å². The largest absolute Gasteiger partial charge is 0.361 e. The summed E-state index contributed by atoms with van der Waals surface area (Å²) < 4.78 is 0. The average Bonchev–Trinajstić information content (AvgIpc) is 2.82. The first kappa shape index (κ1) is 15.2. The van der Waals surface area contributed by atoms with E-state index in [1.807, 2.05) is 0 Å². The number of rotatable bonds is 3. The molecule has 2 aromatic rings. The lowest BCUT2D eigenvalue weighted by Gasteiger charge is -2.38. The van der Waals surface area contributed by atoms with E-state index in [1.165, 1.54) is 81.2 Å². The van der Waals surface area contributed by atoms with Crippen LogP contribution >= 0.6 is 0 Å². The molecule has 1 aromatic carbocycles. The minimum absolute atomic E-state index is 0.840. The third kappa shape index (κ3) is 3.46. The van der Waals surface area contributed by atoms with Crippen LogP contribution in [0.2, 0.25) is 0 Å². The molecule has 3 heteroatoms. The first-order chi connectivity index (χ1) is 11.4. The maximum Gasteiger partial charge on any atom is 0.0457 e. The summed E-state index contributed by atoms with van der Waals surface area (Å²) in [5.74, 6) is 0. The normalized spacial score (nSPS) is 22.4. The number of para-hydroxylation sites is 1. The SMILES string of the molecule is c1ccc2c(CN3CCC(N4CCCCCC4)CC3)c[nH]c2c1. The van der Waals surface area contributed by atoms with Crippen LogP contribution in [0.4, 0.5) is 0 Å². The minimum Gasteiger partial charge on any atom is -0.361 e. The van der Waals surface area contributed by atoms with E-state index in [1.54, 1.807) is 0 Å². The Kier molecular flexibility index (Phi) is 4.67. The summed E-state index contributed by atoms with van der Waals surface area (Å²) in [4.78, 5) is 8.84. The van der Waals surface area contributed by atoms with Crippen molar-refractivity contribution in [2.24, 2.45) is 0 Å². The molecule has 0 radical (unpaired) electrons. The number of aromatic amines is 1. The number of hydrogen-bond acceptors (Lipinski definition) is 2. The zero-order valence-corrected chi connectivity index (χ0v) is 14.1. The third-order valence-corrected chi connectivity index (χ3v) is 5.78. The Morgan fingerprint density at radius 1 is 0.913 bits per heavy atom. The predicted molar refractivity (Wildman–Crippen MR) is 96.6 cm³/mol. The van der Waals surface area contributed by atoms with Crippen LogP contribution in [0.1, 0.15) is 44.1 Å². The predicted octanol–water partition coefficient (Wildman–Crippen LogP) is 4.01. The van der Waals surface area contributed by atoms with Crippen molar-refractivity contribution in [1.82, 2.24) is 14.8 Å². The van der Waals surface area contributed by atoms with E-state index in [2.05, 4.69) is 45.2 Å². The van der Waals surface area contributed by atoms with Gasteiger partial charge < -0.3 is 9.88 Å². The number of piperidine rings is 1. The molecule has 2 aliphatic rings. The molecule has 3 nitrogen and oxygen atoms in total. The van der Waals surface area contributed by atoms with Gasteiger partial charge in [0, 0.05) is 29.7 Å². The number of nitrogens with zero attached hydrogens (tertiary/aromatic N) is 2. The van der Waals surface area contributed by atoms with E-state index in [-0.39, 0.29) is 0 Å². The summed E-state index contributed by atoms with van der Waals surface area (Å²) >= 11 is 0. The van der Waals surface area contributed by atoms with E-state index in [9.17, 15) is 0 Å². The Balaban J connectivity index is 1.34. The number of benzene rings is 1. The summed E-state index contributed by atoms with van der Waals surface area (Å²) in [5, 5.41) is 1.39. The molecule has 0 saturated carbocycles. The summed E-state index contributed by atoms with van der Waals surface area (Å²) in [6.45, 7) is 6.28. The van der Waals surface area contributed by atoms with Crippen LogP contribution in [0.3, 0.4) is 0 Å². The first-order valence-electron chi connectivity index (χ1n) is 9.41. The molecule has 2 saturated heterocycles. The number of fused-ring (bicyclic) bond motifs is 1. The highest BCUT2D eigenvalue weighted by Gasteiger charge is 2.25. The molecule has 1 aromatic heterocycles. The molecule has 1 N–H and O–H groups in total. The summed E-state index contributed by atoms with van der Waals surface area (Å²) in [7, 11) is 0. The molecule has 23 heavy (non-hydrogen) atoms. The van der Waals surface area contributed by atoms with Crippen molar-refractivity contribution in [2.75, 3.05) is 26.2 Å². The number of aromatic nitrogens is 1. The average molecular weight is 311 g/mol. The lowest BCUT2D eigenvalue weighted by molar-refractivity contribution is 0.107. The molecule has 0 spiro atoms. The Morgan fingerprint density at radius 2 is 1.65 bits per heavy atom. The van der Waals surface area contributed by atoms with E-state index < -0.39 is 0 Å².